The lowest BCUT2D eigenvalue weighted by Gasteiger charge is -2.21. The number of halogens is 2. The number of carbonyl (C=O) groups excluding carboxylic acids is 2. The zero-order chi connectivity index (χ0) is 20.0. The van der Waals surface area contributed by atoms with Crippen LogP contribution in [0.5, 0.6) is 0 Å². The molecule has 148 valence electrons. The summed E-state index contributed by atoms with van der Waals surface area (Å²) in [5, 5.41) is 6.69. The number of hydrogen-bond donors (Lipinski definition) is 1. The Morgan fingerprint density at radius 3 is 2.68 bits per heavy atom. The summed E-state index contributed by atoms with van der Waals surface area (Å²) in [6.45, 7) is 2.30. The molecule has 4 rings (SSSR count). The van der Waals surface area contributed by atoms with Gasteiger partial charge in [0.25, 0.3) is 0 Å². The van der Waals surface area contributed by atoms with Gasteiger partial charge in [0.05, 0.1) is 37.2 Å². The second kappa shape index (κ2) is 6.77. The number of ether oxygens (including phenoxy) is 1. The van der Waals surface area contributed by atoms with Crippen molar-refractivity contribution in [3.05, 3.63) is 41.2 Å². The highest BCUT2D eigenvalue weighted by molar-refractivity contribution is 5.90. The molecule has 1 aromatic heterocycles. The summed E-state index contributed by atoms with van der Waals surface area (Å²) < 4.78 is 36.4. The van der Waals surface area contributed by atoms with E-state index in [2.05, 4.69) is 10.4 Å². The SMILES string of the molecule is CC(=O)NC[C@H]1CN(c2cc(F)c(N3Cc4cnn(C)c4C3)c(F)c2)C(=O)O1. The molecule has 2 amide bonds. The predicted octanol–water partition coefficient (Wildman–Crippen LogP) is 1.68. The van der Waals surface area contributed by atoms with Gasteiger partial charge < -0.3 is 15.0 Å². The number of cyclic esters (lactones) is 1. The van der Waals surface area contributed by atoms with Gasteiger partial charge in [0.15, 0.2) is 11.6 Å². The molecule has 2 aliphatic rings. The number of aryl methyl sites for hydroxylation is 1. The Kier molecular flexibility index (Phi) is 4.40. The maximum atomic E-state index is 14.8. The Morgan fingerprint density at radius 2 is 2.04 bits per heavy atom. The van der Waals surface area contributed by atoms with Crippen molar-refractivity contribution in [2.24, 2.45) is 7.05 Å². The van der Waals surface area contributed by atoms with Gasteiger partial charge in [-0.15, -0.1) is 0 Å². The summed E-state index contributed by atoms with van der Waals surface area (Å²) in [6, 6.07) is 2.25. The van der Waals surface area contributed by atoms with E-state index in [4.69, 9.17) is 4.74 Å². The van der Waals surface area contributed by atoms with Crippen LogP contribution < -0.4 is 15.1 Å². The second-order valence-corrected chi connectivity index (χ2v) is 6.91. The molecule has 1 atom stereocenters. The lowest BCUT2D eigenvalue weighted by atomic mass is 10.2. The van der Waals surface area contributed by atoms with Crippen LogP contribution in [0.3, 0.4) is 0 Å². The van der Waals surface area contributed by atoms with Crippen LogP contribution in [0.25, 0.3) is 0 Å². The van der Waals surface area contributed by atoms with Crippen molar-refractivity contribution in [3.8, 4) is 0 Å². The fourth-order valence-corrected chi connectivity index (χ4v) is 3.55. The molecule has 0 radical (unpaired) electrons. The van der Waals surface area contributed by atoms with Crippen LogP contribution >= 0.6 is 0 Å². The number of nitrogens with zero attached hydrogens (tertiary/aromatic N) is 4. The number of benzene rings is 1. The zero-order valence-corrected chi connectivity index (χ0v) is 15.4. The van der Waals surface area contributed by atoms with E-state index in [1.165, 1.54) is 6.92 Å². The molecule has 0 saturated carbocycles. The topological polar surface area (TPSA) is 79.7 Å². The van der Waals surface area contributed by atoms with Crippen LogP contribution in [0.4, 0.5) is 25.0 Å². The lowest BCUT2D eigenvalue weighted by Crippen LogP contribution is -2.33. The minimum Gasteiger partial charge on any atom is -0.442 e. The predicted molar refractivity (Wildman–Crippen MR) is 95.8 cm³/mol. The molecule has 1 N–H and O–H groups in total. The van der Waals surface area contributed by atoms with Gasteiger partial charge in [-0.2, -0.15) is 5.10 Å². The number of rotatable bonds is 4. The molecule has 28 heavy (non-hydrogen) atoms. The maximum absolute atomic E-state index is 14.8. The van der Waals surface area contributed by atoms with Crippen LogP contribution in [-0.4, -0.2) is 41.0 Å². The minimum atomic E-state index is -0.756. The van der Waals surface area contributed by atoms with E-state index in [-0.39, 0.29) is 30.4 Å². The molecule has 1 saturated heterocycles. The van der Waals surface area contributed by atoms with Gasteiger partial charge in [-0.25, -0.2) is 13.6 Å². The minimum absolute atomic E-state index is 0.0763. The highest BCUT2D eigenvalue weighted by Crippen LogP contribution is 2.35. The van der Waals surface area contributed by atoms with Crippen LogP contribution in [0.15, 0.2) is 18.3 Å². The number of amides is 2. The molecule has 3 heterocycles. The van der Waals surface area contributed by atoms with Gasteiger partial charge in [0.2, 0.25) is 5.91 Å². The lowest BCUT2D eigenvalue weighted by molar-refractivity contribution is -0.119. The third-order valence-corrected chi connectivity index (χ3v) is 4.93. The number of anilines is 2. The zero-order valence-electron chi connectivity index (χ0n) is 15.4. The third-order valence-electron chi connectivity index (χ3n) is 4.93. The molecule has 8 nitrogen and oxygen atoms in total. The van der Waals surface area contributed by atoms with Gasteiger partial charge in [-0.1, -0.05) is 0 Å². The van der Waals surface area contributed by atoms with E-state index in [1.807, 2.05) is 0 Å². The van der Waals surface area contributed by atoms with Crippen molar-refractivity contribution in [1.29, 1.82) is 0 Å². The summed E-state index contributed by atoms with van der Waals surface area (Å²) in [5.74, 6) is -1.76. The number of carbonyl (C=O) groups is 2. The Balaban J connectivity index is 1.53. The van der Waals surface area contributed by atoms with Crippen LogP contribution in [0.1, 0.15) is 18.2 Å². The van der Waals surface area contributed by atoms with E-state index in [0.29, 0.717) is 13.1 Å². The summed E-state index contributed by atoms with van der Waals surface area (Å²) >= 11 is 0. The van der Waals surface area contributed by atoms with Crippen molar-refractivity contribution in [3.63, 3.8) is 0 Å². The van der Waals surface area contributed by atoms with E-state index < -0.39 is 23.8 Å². The number of fused-ring (bicyclic) bond motifs is 1. The molecular weight excluding hydrogens is 372 g/mol. The Hall–Kier alpha value is -3.17. The molecule has 0 unspecified atom stereocenters. The Morgan fingerprint density at radius 1 is 1.32 bits per heavy atom. The van der Waals surface area contributed by atoms with Crippen LogP contribution in [0, 0.1) is 11.6 Å². The first-order valence-electron chi connectivity index (χ1n) is 8.80. The maximum Gasteiger partial charge on any atom is 0.414 e. The highest BCUT2D eigenvalue weighted by Gasteiger charge is 2.34. The van der Waals surface area contributed by atoms with E-state index in [0.717, 1.165) is 28.3 Å². The van der Waals surface area contributed by atoms with Crippen molar-refractivity contribution in [1.82, 2.24) is 15.1 Å². The van der Waals surface area contributed by atoms with Gasteiger partial charge in [-0.3, -0.25) is 14.4 Å². The van der Waals surface area contributed by atoms with Gasteiger partial charge in [0, 0.05) is 38.2 Å². The first kappa shape index (κ1) is 18.2. The average molecular weight is 391 g/mol. The third kappa shape index (κ3) is 3.14. The molecule has 0 bridgehead atoms. The molecule has 1 aromatic carbocycles. The van der Waals surface area contributed by atoms with Gasteiger partial charge in [-0.05, 0) is 0 Å². The van der Waals surface area contributed by atoms with Crippen LogP contribution in [-0.2, 0) is 29.7 Å². The van der Waals surface area contributed by atoms with Crippen molar-refractivity contribution >= 4 is 23.4 Å². The van der Waals surface area contributed by atoms with Crippen LogP contribution in [0.2, 0.25) is 0 Å². The standard InChI is InChI=1S/C18H19F2N5O3/c1-10(26)21-6-13-8-25(18(27)28-13)12-3-14(19)17(15(20)4-12)24-7-11-5-22-23(2)16(11)9-24/h3-5,13H,6-9H2,1-2H3,(H,21,26)/t13-/m0/s1. The number of aromatic nitrogens is 2. The smallest absolute Gasteiger partial charge is 0.414 e. The van der Waals surface area contributed by atoms with E-state index in [1.54, 1.807) is 22.8 Å². The Labute approximate surface area is 159 Å². The molecule has 0 spiro atoms. The molecule has 2 aromatic rings. The molecule has 10 heteroatoms. The van der Waals surface area contributed by atoms with Crippen molar-refractivity contribution in [2.75, 3.05) is 22.9 Å². The fraction of sp³-hybridized carbons (Fsp3) is 0.389. The first-order valence-corrected chi connectivity index (χ1v) is 8.80. The number of nitrogens with one attached hydrogen (secondary N) is 1. The van der Waals surface area contributed by atoms with E-state index in [9.17, 15) is 18.4 Å². The summed E-state index contributed by atoms with van der Waals surface area (Å²) in [5.41, 5.74) is 1.77. The van der Waals surface area contributed by atoms with E-state index >= 15 is 0 Å². The van der Waals surface area contributed by atoms with Crippen molar-refractivity contribution < 1.29 is 23.1 Å². The molecule has 1 fully saturated rings. The summed E-state index contributed by atoms with van der Waals surface area (Å²) in [4.78, 5) is 25.8. The Bertz CT molecular complexity index is 938. The van der Waals surface area contributed by atoms with Gasteiger partial charge >= 0.3 is 6.09 Å². The molecule has 0 aliphatic carbocycles. The second-order valence-electron chi connectivity index (χ2n) is 6.91. The van der Waals surface area contributed by atoms with Crippen molar-refractivity contribution in [2.45, 2.75) is 26.1 Å². The normalized spacial score (nSPS) is 18.4. The highest BCUT2D eigenvalue weighted by atomic mass is 19.1. The average Bonchev–Trinajstić information content (AvgIpc) is 3.29. The number of hydrogen-bond acceptors (Lipinski definition) is 5. The summed E-state index contributed by atoms with van der Waals surface area (Å²) in [7, 11) is 1.79. The van der Waals surface area contributed by atoms with Gasteiger partial charge in [0.1, 0.15) is 11.8 Å². The fourth-order valence-electron chi connectivity index (χ4n) is 3.55. The molecular formula is C18H19F2N5O3. The summed E-state index contributed by atoms with van der Waals surface area (Å²) in [6.07, 6.45) is 0.402. The monoisotopic (exact) mass is 391 g/mol. The first-order chi connectivity index (χ1) is 13.3. The quantitative estimate of drug-likeness (QED) is 0.858. The molecule has 2 aliphatic heterocycles. The largest absolute Gasteiger partial charge is 0.442 e.